The second-order valence-electron chi connectivity index (χ2n) is 7.27. The van der Waals surface area contributed by atoms with Gasteiger partial charge in [-0.05, 0) is 61.4 Å². The summed E-state index contributed by atoms with van der Waals surface area (Å²) in [4.78, 5) is 39.1. The highest BCUT2D eigenvalue weighted by atomic mass is 19.1. The number of nitrogens with one attached hydrogen (secondary N) is 1. The number of fused-ring (bicyclic) bond motifs is 1. The molecule has 4 rings (SSSR count). The maximum atomic E-state index is 13.2. The van der Waals surface area contributed by atoms with Crippen molar-refractivity contribution < 1.29 is 9.18 Å². The zero-order valence-electron chi connectivity index (χ0n) is 16.6. The van der Waals surface area contributed by atoms with Crippen LogP contribution in [-0.2, 0) is 17.9 Å². The average molecular weight is 409 g/mol. The first-order valence-electron chi connectivity index (χ1n) is 9.45. The Kier molecular flexibility index (Phi) is 4.94. The van der Waals surface area contributed by atoms with Crippen LogP contribution in [-0.4, -0.2) is 26.8 Å². The maximum absolute atomic E-state index is 13.2. The SMILES string of the molecule is Cc1cc(C)cc(NC(=O)Cn2nc3n(c(=O)c2=O)CCN3c2ccc(F)cc2)c1. The summed E-state index contributed by atoms with van der Waals surface area (Å²) in [7, 11) is 0. The van der Waals surface area contributed by atoms with Crippen LogP contribution in [0.4, 0.5) is 21.7 Å². The summed E-state index contributed by atoms with van der Waals surface area (Å²) in [6.45, 7) is 4.13. The van der Waals surface area contributed by atoms with Crippen LogP contribution in [0.25, 0.3) is 0 Å². The van der Waals surface area contributed by atoms with Crippen LogP contribution < -0.4 is 21.3 Å². The zero-order valence-corrected chi connectivity index (χ0v) is 16.6. The van der Waals surface area contributed by atoms with Crippen LogP contribution in [0.5, 0.6) is 0 Å². The number of hydrogen-bond acceptors (Lipinski definition) is 5. The minimum atomic E-state index is -0.865. The molecule has 0 atom stereocenters. The van der Waals surface area contributed by atoms with Gasteiger partial charge in [0.15, 0.2) is 0 Å². The number of carbonyl (C=O) groups is 1. The van der Waals surface area contributed by atoms with E-state index in [1.54, 1.807) is 17.0 Å². The molecule has 2 aromatic carbocycles. The summed E-state index contributed by atoms with van der Waals surface area (Å²) in [5.41, 5.74) is 1.62. The number of anilines is 3. The second-order valence-corrected chi connectivity index (χ2v) is 7.27. The lowest BCUT2D eigenvalue weighted by Gasteiger charge is -2.17. The Morgan fingerprint density at radius 3 is 2.37 bits per heavy atom. The third-order valence-corrected chi connectivity index (χ3v) is 4.84. The Morgan fingerprint density at radius 1 is 1.03 bits per heavy atom. The number of hydrogen-bond donors (Lipinski definition) is 1. The molecule has 0 spiro atoms. The van der Waals surface area contributed by atoms with Gasteiger partial charge in [0.1, 0.15) is 12.4 Å². The van der Waals surface area contributed by atoms with Gasteiger partial charge in [0.25, 0.3) is 0 Å². The van der Waals surface area contributed by atoms with Gasteiger partial charge in [0, 0.05) is 24.5 Å². The number of benzene rings is 2. The predicted molar refractivity (Wildman–Crippen MR) is 111 cm³/mol. The Morgan fingerprint density at radius 2 is 1.70 bits per heavy atom. The topological polar surface area (TPSA) is 89.2 Å². The van der Waals surface area contributed by atoms with E-state index in [4.69, 9.17) is 0 Å². The quantitative estimate of drug-likeness (QED) is 0.666. The minimum Gasteiger partial charge on any atom is -0.324 e. The highest BCUT2D eigenvalue weighted by Gasteiger charge is 2.26. The van der Waals surface area contributed by atoms with E-state index in [1.807, 2.05) is 32.0 Å². The molecule has 0 saturated carbocycles. The number of aryl methyl sites for hydroxylation is 2. The fraction of sp³-hybridized carbons (Fsp3) is 0.238. The number of amides is 1. The van der Waals surface area contributed by atoms with E-state index in [0.29, 0.717) is 17.9 Å². The van der Waals surface area contributed by atoms with E-state index in [9.17, 15) is 18.8 Å². The van der Waals surface area contributed by atoms with Gasteiger partial charge >= 0.3 is 11.1 Å². The highest BCUT2D eigenvalue weighted by Crippen LogP contribution is 2.26. The smallest absolute Gasteiger partial charge is 0.324 e. The molecule has 0 saturated heterocycles. The van der Waals surface area contributed by atoms with Gasteiger partial charge < -0.3 is 10.2 Å². The van der Waals surface area contributed by atoms with Gasteiger partial charge in [-0.15, -0.1) is 5.10 Å². The van der Waals surface area contributed by atoms with Crippen molar-refractivity contribution in [1.29, 1.82) is 0 Å². The lowest BCUT2D eigenvalue weighted by Crippen LogP contribution is -2.44. The van der Waals surface area contributed by atoms with E-state index in [1.165, 1.54) is 16.7 Å². The Balaban J connectivity index is 1.63. The van der Waals surface area contributed by atoms with Crippen LogP contribution in [0.15, 0.2) is 52.1 Å². The molecule has 0 radical (unpaired) electrons. The highest BCUT2D eigenvalue weighted by molar-refractivity contribution is 5.90. The molecule has 1 aliphatic heterocycles. The van der Waals surface area contributed by atoms with Crippen molar-refractivity contribution in [3.05, 3.63) is 80.1 Å². The van der Waals surface area contributed by atoms with Crippen LogP contribution >= 0.6 is 0 Å². The van der Waals surface area contributed by atoms with Crippen molar-refractivity contribution in [1.82, 2.24) is 14.3 Å². The Hall–Kier alpha value is -3.75. The van der Waals surface area contributed by atoms with Gasteiger partial charge in [-0.3, -0.25) is 19.0 Å². The molecule has 0 fully saturated rings. The molecule has 1 N–H and O–H groups in total. The summed E-state index contributed by atoms with van der Waals surface area (Å²) in [5.74, 6) is -0.605. The third kappa shape index (κ3) is 3.73. The fourth-order valence-corrected chi connectivity index (χ4v) is 3.58. The summed E-state index contributed by atoms with van der Waals surface area (Å²) < 4.78 is 15.4. The first-order valence-corrected chi connectivity index (χ1v) is 9.45. The summed E-state index contributed by atoms with van der Waals surface area (Å²) in [5, 5.41) is 6.98. The van der Waals surface area contributed by atoms with Crippen LogP contribution in [0, 0.1) is 19.7 Å². The number of rotatable bonds is 4. The number of halogens is 1. The summed E-state index contributed by atoms with van der Waals surface area (Å²) in [6, 6.07) is 11.4. The summed E-state index contributed by atoms with van der Waals surface area (Å²) >= 11 is 0. The second kappa shape index (κ2) is 7.58. The van der Waals surface area contributed by atoms with Gasteiger partial charge in [0.2, 0.25) is 11.9 Å². The van der Waals surface area contributed by atoms with Crippen molar-refractivity contribution in [2.45, 2.75) is 26.9 Å². The molecular weight excluding hydrogens is 389 g/mol. The Bertz CT molecular complexity index is 1230. The molecule has 1 amide bonds. The molecule has 1 aliphatic rings. The maximum Gasteiger partial charge on any atom is 0.333 e. The molecule has 0 aliphatic carbocycles. The molecule has 8 nitrogen and oxygen atoms in total. The van der Waals surface area contributed by atoms with Crippen LogP contribution in [0.3, 0.4) is 0 Å². The molecule has 0 bridgehead atoms. The molecule has 9 heteroatoms. The van der Waals surface area contributed by atoms with Crippen LogP contribution in [0.2, 0.25) is 0 Å². The number of nitrogens with zero attached hydrogens (tertiary/aromatic N) is 4. The average Bonchev–Trinajstić information content (AvgIpc) is 3.09. The lowest BCUT2D eigenvalue weighted by atomic mass is 10.1. The van der Waals surface area contributed by atoms with Crippen molar-refractivity contribution in [3.63, 3.8) is 0 Å². The van der Waals surface area contributed by atoms with E-state index in [-0.39, 0.29) is 18.3 Å². The molecule has 30 heavy (non-hydrogen) atoms. The lowest BCUT2D eigenvalue weighted by molar-refractivity contribution is -0.117. The largest absolute Gasteiger partial charge is 0.333 e. The molecular formula is C21H20FN5O3. The van der Waals surface area contributed by atoms with E-state index >= 15 is 0 Å². The fourth-order valence-electron chi connectivity index (χ4n) is 3.58. The summed E-state index contributed by atoms with van der Waals surface area (Å²) in [6.07, 6.45) is 0. The molecule has 1 aromatic heterocycles. The van der Waals surface area contributed by atoms with Crippen molar-refractivity contribution in [2.75, 3.05) is 16.8 Å². The normalized spacial score (nSPS) is 12.7. The van der Waals surface area contributed by atoms with E-state index < -0.39 is 23.6 Å². The zero-order chi connectivity index (χ0) is 21.4. The first-order chi connectivity index (χ1) is 14.3. The van der Waals surface area contributed by atoms with Crippen molar-refractivity contribution in [3.8, 4) is 0 Å². The number of carbonyl (C=O) groups excluding carboxylic acids is 1. The van der Waals surface area contributed by atoms with Crippen molar-refractivity contribution in [2.24, 2.45) is 0 Å². The number of aromatic nitrogens is 3. The third-order valence-electron chi connectivity index (χ3n) is 4.84. The monoisotopic (exact) mass is 409 g/mol. The minimum absolute atomic E-state index is 0.241. The molecule has 3 aromatic rings. The van der Waals surface area contributed by atoms with Crippen LogP contribution in [0.1, 0.15) is 11.1 Å². The molecule has 0 unspecified atom stereocenters. The predicted octanol–water partition coefficient (Wildman–Crippen LogP) is 1.95. The first kappa shape index (κ1) is 19.6. The van der Waals surface area contributed by atoms with Gasteiger partial charge in [-0.2, -0.15) is 0 Å². The van der Waals surface area contributed by atoms with Gasteiger partial charge in [0.05, 0.1) is 0 Å². The standard InChI is InChI=1S/C21H20FN5O3/c1-13-9-14(2)11-16(10-13)23-18(28)12-27-20(30)19(29)26-8-7-25(21(26)24-27)17-5-3-15(22)4-6-17/h3-6,9-11H,7-8,12H2,1-2H3,(H,23,28). The van der Waals surface area contributed by atoms with E-state index in [0.717, 1.165) is 15.8 Å². The Labute approximate surface area is 171 Å². The van der Waals surface area contributed by atoms with E-state index in [2.05, 4.69) is 10.4 Å². The molecule has 2 heterocycles. The molecule has 154 valence electrons. The van der Waals surface area contributed by atoms with Gasteiger partial charge in [-0.25, -0.2) is 9.07 Å². The van der Waals surface area contributed by atoms with Crippen molar-refractivity contribution >= 4 is 23.2 Å². The van der Waals surface area contributed by atoms with Gasteiger partial charge in [-0.1, -0.05) is 6.07 Å².